The number of hydrogen-bond acceptors (Lipinski definition) is 13. The molecule has 1 unspecified atom stereocenters. The van der Waals surface area contributed by atoms with Crippen molar-refractivity contribution in [1.29, 1.82) is 0 Å². The molecule has 1 aromatic heterocycles. The van der Waals surface area contributed by atoms with Crippen molar-refractivity contribution >= 4 is 56.1 Å². The quantitative estimate of drug-likeness (QED) is 0.0558. The van der Waals surface area contributed by atoms with Crippen LogP contribution < -0.4 is 26.8 Å². The van der Waals surface area contributed by atoms with Crippen molar-refractivity contribution in [2.75, 3.05) is 25.4 Å². The number of nitrogen functional groups attached to an aromatic ring is 1. The van der Waals surface area contributed by atoms with E-state index in [0.29, 0.717) is 17.9 Å². The molecule has 256 valence electrons. The first kappa shape index (κ1) is 35.3. The second kappa shape index (κ2) is 14.1. The first-order chi connectivity index (χ1) is 22.0. The minimum Gasteiger partial charge on any atom is -0.489 e. The van der Waals surface area contributed by atoms with Crippen molar-refractivity contribution in [3.8, 4) is 5.75 Å². The number of aliphatic carboxylic acids is 1. The summed E-state index contributed by atoms with van der Waals surface area (Å²) in [5.74, 6) is -4.05. The van der Waals surface area contributed by atoms with Crippen molar-refractivity contribution in [2.24, 2.45) is 15.9 Å². The van der Waals surface area contributed by atoms with E-state index < -0.39 is 80.5 Å². The number of rotatable bonds is 12. The van der Waals surface area contributed by atoms with Crippen LogP contribution >= 0.6 is 11.3 Å². The van der Waals surface area contributed by atoms with E-state index in [1.165, 1.54) is 12.1 Å². The zero-order chi connectivity index (χ0) is 34.7. The number of benzene rings is 1. The summed E-state index contributed by atoms with van der Waals surface area (Å²) in [6.07, 6.45) is -5.23. The largest absolute Gasteiger partial charge is 0.489 e. The third-order valence-corrected chi connectivity index (χ3v) is 8.84. The maximum absolute atomic E-state index is 13.8. The average Bonchev–Trinajstić information content (AvgIpc) is 3.39. The number of ether oxygens (including phenoxy) is 1. The Morgan fingerprint density at radius 1 is 1.30 bits per heavy atom. The molecule has 0 bridgehead atoms. The summed E-state index contributed by atoms with van der Waals surface area (Å²) in [4.78, 5) is 48.7. The van der Waals surface area contributed by atoms with Crippen LogP contribution in [0.1, 0.15) is 35.9 Å². The fourth-order valence-corrected chi connectivity index (χ4v) is 6.15. The molecule has 4 rings (SSSR count). The molecule has 2 fully saturated rings. The van der Waals surface area contributed by atoms with Crippen LogP contribution in [0.15, 0.2) is 34.4 Å². The van der Waals surface area contributed by atoms with Crippen LogP contribution in [0.5, 0.6) is 5.75 Å². The first-order valence-corrected chi connectivity index (χ1v) is 15.9. The minimum absolute atomic E-state index is 0.0256. The number of carboxylic acid groups (broad SMARTS) is 1. The Bertz CT molecular complexity index is 1680. The standard InChI is InChI=1S/C25H29F3N8O9S2/c1-11-16(22(38)36(11)47(41,42)43)33-21(37)18(17-19(25(26,27)28)46-24(30)34-17)35-45-15(23(39)40)10-44-14-6-4-12(5-7-14)20(29)32-13-3-2-8-31-9-13/h4-7,11,13,15-16,31H,2-3,8-10H2,1H3,(H2,29,32)(H2,30,34)(H,33,37)(H,39,40)(H,41,42,43)/b35-18-/t11-,13-,15?,16+/m1/s1. The number of amides is 2. The van der Waals surface area contributed by atoms with Gasteiger partial charge in [-0.2, -0.15) is 21.6 Å². The van der Waals surface area contributed by atoms with E-state index in [0.717, 1.165) is 26.3 Å². The summed E-state index contributed by atoms with van der Waals surface area (Å²) < 4.78 is 78.7. The number of anilines is 1. The Labute approximate surface area is 268 Å². The molecular formula is C25H29F3N8O9S2. The zero-order valence-corrected chi connectivity index (χ0v) is 25.9. The SMILES string of the molecule is C[C@@H]1[C@H](NC(=O)/C(=N\OC(COc2ccc(C(N)=N[C@@H]3CCCNC3)cc2)C(=O)O)c2nc(N)sc2C(F)(F)F)C(=O)N1S(=O)(=O)O. The highest BCUT2D eigenvalue weighted by Gasteiger charge is 2.52. The number of amidine groups is 1. The number of carboxylic acids is 1. The number of oxime groups is 1. The maximum Gasteiger partial charge on any atom is 0.427 e. The van der Waals surface area contributed by atoms with E-state index in [1.807, 2.05) is 5.32 Å². The predicted molar refractivity (Wildman–Crippen MR) is 159 cm³/mol. The van der Waals surface area contributed by atoms with Gasteiger partial charge in [0, 0.05) is 12.1 Å². The van der Waals surface area contributed by atoms with E-state index in [2.05, 4.69) is 20.4 Å². The number of nitrogens with one attached hydrogen (secondary N) is 2. The summed E-state index contributed by atoms with van der Waals surface area (Å²) in [5.41, 5.74) is 9.75. The lowest BCUT2D eigenvalue weighted by atomic mass is 10.0. The molecule has 17 nitrogen and oxygen atoms in total. The summed E-state index contributed by atoms with van der Waals surface area (Å²) in [7, 11) is -4.99. The molecule has 0 spiro atoms. The van der Waals surface area contributed by atoms with Crippen molar-refractivity contribution in [3.63, 3.8) is 0 Å². The van der Waals surface area contributed by atoms with Crippen molar-refractivity contribution in [1.82, 2.24) is 19.9 Å². The molecule has 0 radical (unpaired) electrons. The summed E-state index contributed by atoms with van der Waals surface area (Å²) >= 11 is -0.0525. The number of aromatic nitrogens is 1. The van der Waals surface area contributed by atoms with Crippen LogP contribution in [0.3, 0.4) is 0 Å². The normalized spacial score (nSPS) is 21.5. The van der Waals surface area contributed by atoms with Gasteiger partial charge in [0.15, 0.2) is 10.8 Å². The van der Waals surface area contributed by atoms with Crippen LogP contribution in [0.25, 0.3) is 0 Å². The predicted octanol–water partition coefficient (Wildman–Crippen LogP) is -0.0274. The smallest absolute Gasteiger partial charge is 0.427 e. The number of hydrogen-bond donors (Lipinski definition) is 6. The lowest BCUT2D eigenvalue weighted by molar-refractivity contribution is -0.152. The van der Waals surface area contributed by atoms with Gasteiger partial charge in [0.2, 0.25) is 0 Å². The van der Waals surface area contributed by atoms with Gasteiger partial charge in [-0.1, -0.05) is 16.5 Å². The number of thiazole rings is 1. The Kier molecular flexibility index (Phi) is 10.6. The van der Waals surface area contributed by atoms with Crippen molar-refractivity contribution in [2.45, 2.75) is 50.2 Å². The molecule has 8 N–H and O–H groups in total. The van der Waals surface area contributed by atoms with E-state index in [4.69, 9.17) is 25.6 Å². The third-order valence-electron chi connectivity index (χ3n) is 6.90. The number of carbonyl (C=O) groups excluding carboxylic acids is 2. The molecule has 22 heteroatoms. The molecule has 3 heterocycles. The molecule has 2 aliphatic rings. The molecule has 0 saturated carbocycles. The molecule has 2 amide bonds. The summed E-state index contributed by atoms with van der Waals surface area (Å²) in [6.45, 7) is 1.99. The highest BCUT2D eigenvalue weighted by Crippen LogP contribution is 2.38. The number of aliphatic imine (C=N–C) groups is 1. The zero-order valence-electron chi connectivity index (χ0n) is 24.3. The highest BCUT2D eigenvalue weighted by molar-refractivity contribution is 7.84. The second-order valence-corrected chi connectivity index (χ2v) is 12.6. The van der Waals surface area contributed by atoms with E-state index in [9.17, 15) is 41.1 Å². The van der Waals surface area contributed by atoms with Gasteiger partial charge in [0.25, 0.3) is 17.9 Å². The Morgan fingerprint density at radius 2 is 1.98 bits per heavy atom. The second-order valence-electron chi connectivity index (χ2n) is 10.3. The Morgan fingerprint density at radius 3 is 2.53 bits per heavy atom. The molecule has 2 aromatic rings. The van der Waals surface area contributed by atoms with Crippen LogP contribution in [-0.4, -0.2) is 101 Å². The lowest BCUT2D eigenvalue weighted by Gasteiger charge is -2.42. The lowest BCUT2D eigenvalue weighted by Crippen LogP contribution is -2.71. The van der Waals surface area contributed by atoms with E-state index in [1.54, 1.807) is 12.1 Å². The number of piperidine rings is 1. The Hall–Kier alpha value is -4.54. The molecule has 47 heavy (non-hydrogen) atoms. The summed E-state index contributed by atoms with van der Waals surface area (Å²) in [6, 6.07) is 3.16. The average molecular weight is 707 g/mol. The van der Waals surface area contributed by atoms with Crippen molar-refractivity contribution in [3.05, 3.63) is 40.4 Å². The number of β-lactam (4-membered cyclic amide) rings is 1. The van der Waals surface area contributed by atoms with Crippen LogP contribution in [0.2, 0.25) is 0 Å². The molecule has 1 aromatic carbocycles. The van der Waals surface area contributed by atoms with Gasteiger partial charge in [-0.3, -0.25) is 19.1 Å². The number of halogens is 3. The van der Waals surface area contributed by atoms with Crippen LogP contribution in [-0.2, 0) is 35.7 Å². The maximum atomic E-state index is 13.8. The van der Waals surface area contributed by atoms with E-state index >= 15 is 0 Å². The molecule has 4 atom stereocenters. The van der Waals surface area contributed by atoms with Crippen molar-refractivity contribution < 1.29 is 55.2 Å². The van der Waals surface area contributed by atoms with Gasteiger partial charge in [0.05, 0.1) is 12.1 Å². The van der Waals surface area contributed by atoms with Gasteiger partial charge >= 0.3 is 22.4 Å². The van der Waals surface area contributed by atoms with Gasteiger partial charge in [-0.25, -0.2) is 14.1 Å². The monoisotopic (exact) mass is 706 g/mol. The highest BCUT2D eigenvalue weighted by atomic mass is 32.2. The fourth-order valence-electron chi connectivity index (χ4n) is 4.57. The van der Waals surface area contributed by atoms with E-state index in [-0.39, 0.29) is 27.4 Å². The molecule has 2 aliphatic heterocycles. The number of nitrogens with two attached hydrogens (primary N) is 2. The number of alkyl halides is 3. The van der Waals surface area contributed by atoms with Gasteiger partial charge in [0.1, 0.15) is 34.8 Å². The number of nitrogens with zero attached hydrogens (tertiary/aromatic N) is 4. The molecular weight excluding hydrogens is 677 g/mol. The first-order valence-electron chi connectivity index (χ1n) is 13.7. The fraction of sp³-hybridized carbons (Fsp3) is 0.440. The van der Waals surface area contributed by atoms with Crippen LogP contribution in [0, 0.1) is 0 Å². The molecule has 0 aliphatic carbocycles. The third kappa shape index (κ3) is 8.44. The van der Waals surface area contributed by atoms with Gasteiger partial charge in [-0.05, 0) is 50.6 Å². The topological polar surface area (TPSA) is 261 Å². The summed E-state index contributed by atoms with van der Waals surface area (Å²) in [5, 5.41) is 17.6. The number of carbonyl (C=O) groups is 3. The Balaban J connectivity index is 1.52. The van der Waals surface area contributed by atoms with Gasteiger partial charge in [-0.15, -0.1) is 0 Å². The minimum atomic E-state index is -5.10. The molecule has 2 saturated heterocycles. The van der Waals surface area contributed by atoms with Crippen LogP contribution in [0.4, 0.5) is 18.3 Å². The van der Waals surface area contributed by atoms with Gasteiger partial charge < -0.3 is 36.8 Å².